The summed E-state index contributed by atoms with van der Waals surface area (Å²) in [5.41, 5.74) is -0.874. The van der Waals surface area contributed by atoms with Gasteiger partial charge in [0.05, 0.1) is 23.3 Å². The predicted molar refractivity (Wildman–Crippen MR) is 70.2 cm³/mol. The maximum absolute atomic E-state index is 9.79. The van der Waals surface area contributed by atoms with Crippen LogP contribution in [0, 0.1) is 0 Å². The molecule has 1 saturated heterocycles. The Morgan fingerprint density at radius 2 is 1.82 bits per heavy atom. The van der Waals surface area contributed by atoms with Crippen molar-refractivity contribution in [3.05, 3.63) is 0 Å². The van der Waals surface area contributed by atoms with Crippen LogP contribution in [0.3, 0.4) is 0 Å². The SMILES string of the molecule is CN(C)CCNC1(CO)CC(C)(C)OC1(C)C. The second-order valence-electron chi connectivity index (χ2n) is 6.52. The summed E-state index contributed by atoms with van der Waals surface area (Å²) in [6.07, 6.45) is 0.830. The van der Waals surface area contributed by atoms with Gasteiger partial charge in [-0.05, 0) is 48.2 Å². The Morgan fingerprint density at radius 1 is 1.24 bits per heavy atom. The van der Waals surface area contributed by atoms with Gasteiger partial charge >= 0.3 is 0 Å². The van der Waals surface area contributed by atoms with Crippen LogP contribution in [-0.4, -0.2) is 60.5 Å². The van der Waals surface area contributed by atoms with Crippen molar-refractivity contribution in [1.29, 1.82) is 0 Å². The zero-order valence-corrected chi connectivity index (χ0v) is 12.1. The first-order chi connectivity index (χ1) is 7.64. The first kappa shape index (κ1) is 14.9. The molecule has 1 unspecified atom stereocenters. The summed E-state index contributed by atoms with van der Waals surface area (Å²) in [5.74, 6) is 0. The summed E-state index contributed by atoms with van der Waals surface area (Å²) < 4.78 is 6.06. The van der Waals surface area contributed by atoms with E-state index in [2.05, 4.69) is 37.9 Å². The Balaban J connectivity index is 2.74. The fourth-order valence-electron chi connectivity index (χ4n) is 2.86. The van der Waals surface area contributed by atoms with Gasteiger partial charge in [-0.2, -0.15) is 0 Å². The highest BCUT2D eigenvalue weighted by atomic mass is 16.5. The van der Waals surface area contributed by atoms with Crippen molar-refractivity contribution in [3.8, 4) is 0 Å². The van der Waals surface area contributed by atoms with Crippen LogP contribution in [0.4, 0.5) is 0 Å². The highest BCUT2D eigenvalue weighted by molar-refractivity contribution is 5.11. The lowest BCUT2D eigenvalue weighted by atomic mass is 9.79. The smallest absolute Gasteiger partial charge is 0.0838 e. The summed E-state index contributed by atoms with van der Waals surface area (Å²) in [6.45, 7) is 10.2. The van der Waals surface area contributed by atoms with E-state index in [-0.39, 0.29) is 23.3 Å². The zero-order valence-electron chi connectivity index (χ0n) is 12.1. The molecule has 1 fully saturated rings. The van der Waals surface area contributed by atoms with E-state index >= 15 is 0 Å². The minimum absolute atomic E-state index is 0.108. The molecule has 0 aromatic heterocycles. The van der Waals surface area contributed by atoms with Crippen LogP contribution >= 0.6 is 0 Å². The minimum Gasteiger partial charge on any atom is -0.394 e. The van der Waals surface area contributed by atoms with E-state index in [4.69, 9.17) is 4.74 Å². The van der Waals surface area contributed by atoms with Gasteiger partial charge in [0.2, 0.25) is 0 Å². The summed E-state index contributed by atoms with van der Waals surface area (Å²) in [7, 11) is 4.10. The van der Waals surface area contributed by atoms with E-state index in [0.29, 0.717) is 0 Å². The van der Waals surface area contributed by atoms with Crippen molar-refractivity contribution < 1.29 is 9.84 Å². The summed E-state index contributed by atoms with van der Waals surface area (Å²) in [5, 5.41) is 13.3. The van der Waals surface area contributed by atoms with Crippen LogP contribution in [0.2, 0.25) is 0 Å². The fraction of sp³-hybridized carbons (Fsp3) is 1.00. The van der Waals surface area contributed by atoms with Crippen LogP contribution < -0.4 is 5.32 Å². The summed E-state index contributed by atoms with van der Waals surface area (Å²) in [4.78, 5) is 2.13. The first-order valence-corrected chi connectivity index (χ1v) is 6.35. The van der Waals surface area contributed by atoms with Gasteiger partial charge < -0.3 is 20.1 Å². The molecule has 0 spiro atoms. The van der Waals surface area contributed by atoms with Crippen LogP contribution in [0.25, 0.3) is 0 Å². The molecule has 4 heteroatoms. The normalized spacial score (nSPS) is 31.1. The second kappa shape index (κ2) is 4.84. The van der Waals surface area contributed by atoms with Crippen molar-refractivity contribution in [3.63, 3.8) is 0 Å². The van der Waals surface area contributed by atoms with Crippen molar-refractivity contribution in [2.75, 3.05) is 33.8 Å². The Hall–Kier alpha value is -0.160. The number of nitrogens with zero attached hydrogens (tertiary/aromatic N) is 1. The average Bonchev–Trinajstić information content (AvgIpc) is 2.31. The van der Waals surface area contributed by atoms with Crippen LogP contribution in [0.1, 0.15) is 34.1 Å². The van der Waals surface area contributed by atoms with Crippen LogP contribution in [-0.2, 0) is 4.74 Å². The lowest BCUT2D eigenvalue weighted by Gasteiger charge is -2.39. The number of hydrogen-bond acceptors (Lipinski definition) is 4. The Labute approximate surface area is 105 Å². The molecule has 1 aliphatic heterocycles. The molecular weight excluding hydrogens is 216 g/mol. The molecule has 0 saturated carbocycles. The average molecular weight is 244 g/mol. The Bertz CT molecular complexity index is 264. The van der Waals surface area contributed by atoms with Crippen molar-refractivity contribution in [2.45, 2.75) is 50.9 Å². The molecule has 2 N–H and O–H groups in total. The molecule has 0 aliphatic carbocycles. The topological polar surface area (TPSA) is 44.7 Å². The highest BCUT2D eigenvalue weighted by Crippen LogP contribution is 2.44. The Morgan fingerprint density at radius 3 is 2.18 bits per heavy atom. The monoisotopic (exact) mass is 244 g/mol. The molecule has 1 aliphatic rings. The standard InChI is InChI=1S/C13H28N2O2/c1-11(2)9-13(10-16,12(3,4)17-11)14-7-8-15(5)6/h14,16H,7-10H2,1-6H3. The third-order valence-corrected chi connectivity index (χ3v) is 3.70. The number of aliphatic hydroxyl groups excluding tert-OH is 1. The maximum atomic E-state index is 9.79. The van der Waals surface area contributed by atoms with Crippen molar-refractivity contribution in [1.82, 2.24) is 10.2 Å². The summed E-state index contributed by atoms with van der Waals surface area (Å²) >= 11 is 0. The number of nitrogens with one attached hydrogen (secondary N) is 1. The molecule has 102 valence electrons. The number of aliphatic hydroxyl groups is 1. The summed E-state index contributed by atoms with van der Waals surface area (Å²) in [6, 6.07) is 0. The zero-order chi connectivity index (χ0) is 13.3. The molecule has 1 atom stereocenters. The largest absolute Gasteiger partial charge is 0.394 e. The lowest BCUT2D eigenvalue weighted by Crippen LogP contribution is -2.60. The molecule has 1 heterocycles. The van der Waals surface area contributed by atoms with E-state index in [1.54, 1.807) is 0 Å². The lowest BCUT2D eigenvalue weighted by molar-refractivity contribution is -0.0896. The molecular formula is C13H28N2O2. The molecule has 0 aromatic rings. The predicted octanol–water partition coefficient (Wildman–Crippen LogP) is 0.846. The molecule has 0 bridgehead atoms. The molecule has 17 heavy (non-hydrogen) atoms. The van der Waals surface area contributed by atoms with Gasteiger partial charge in [0.1, 0.15) is 0 Å². The second-order valence-corrected chi connectivity index (χ2v) is 6.52. The minimum atomic E-state index is -0.350. The van der Waals surface area contributed by atoms with Gasteiger partial charge in [-0.15, -0.1) is 0 Å². The molecule has 0 radical (unpaired) electrons. The fourth-order valence-corrected chi connectivity index (χ4v) is 2.86. The first-order valence-electron chi connectivity index (χ1n) is 6.35. The molecule has 1 rings (SSSR count). The van der Waals surface area contributed by atoms with Gasteiger partial charge in [-0.25, -0.2) is 0 Å². The maximum Gasteiger partial charge on any atom is 0.0838 e. The van der Waals surface area contributed by atoms with E-state index < -0.39 is 0 Å². The van der Waals surface area contributed by atoms with E-state index in [1.165, 1.54) is 0 Å². The molecule has 0 amide bonds. The quantitative estimate of drug-likeness (QED) is 0.752. The van der Waals surface area contributed by atoms with Gasteiger partial charge in [-0.1, -0.05) is 0 Å². The number of rotatable bonds is 5. The van der Waals surface area contributed by atoms with Crippen LogP contribution in [0.5, 0.6) is 0 Å². The van der Waals surface area contributed by atoms with Gasteiger partial charge in [-0.3, -0.25) is 0 Å². The van der Waals surface area contributed by atoms with Gasteiger partial charge in [0, 0.05) is 13.1 Å². The third kappa shape index (κ3) is 3.19. The van der Waals surface area contributed by atoms with Gasteiger partial charge in [0.25, 0.3) is 0 Å². The van der Waals surface area contributed by atoms with E-state index in [0.717, 1.165) is 19.5 Å². The van der Waals surface area contributed by atoms with Gasteiger partial charge in [0.15, 0.2) is 0 Å². The number of hydrogen-bond donors (Lipinski definition) is 2. The van der Waals surface area contributed by atoms with E-state index in [9.17, 15) is 5.11 Å². The van der Waals surface area contributed by atoms with E-state index in [1.807, 2.05) is 14.1 Å². The van der Waals surface area contributed by atoms with Crippen LogP contribution in [0.15, 0.2) is 0 Å². The van der Waals surface area contributed by atoms with Crippen molar-refractivity contribution in [2.24, 2.45) is 0 Å². The number of likely N-dealkylation sites (N-methyl/N-ethyl adjacent to an activating group) is 1. The molecule has 4 nitrogen and oxygen atoms in total. The Kier molecular flexibility index (Phi) is 4.24. The molecule has 0 aromatic carbocycles. The third-order valence-electron chi connectivity index (χ3n) is 3.70. The highest BCUT2D eigenvalue weighted by Gasteiger charge is 2.56. The number of ether oxygens (including phenoxy) is 1. The van der Waals surface area contributed by atoms with Crippen molar-refractivity contribution >= 4 is 0 Å².